The van der Waals surface area contributed by atoms with Crippen LogP contribution in [0.5, 0.6) is 0 Å². The lowest BCUT2D eigenvalue weighted by Gasteiger charge is -2.46. The van der Waals surface area contributed by atoms with E-state index >= 15 is 0 Å². The molecule has 1 saturated carbocycles. The Morgan fingerprint density at radius 1 is 1.31 bits per heavy atom. The second-order valence-corrected chi connectivity index (χ2v) is 5.69. The Hall–Kier alpha value is -0.150. The van der Waals surface area contributed by atoms with Crippen LogP contribution in [-0.4, -0.2) is 43.4 Å². The van der Waals surface area contributed by atoms with Gasteiger partial charge in [0.1, 0.15) is 6.17 Å². The zero-order valence-electron chi connectivity index (χ0n) is 10.7. The Kier molecular flexibility index (Phi) is 3.85. The van der Waals surface area contributed by atoms with Gasteiger partial charge in [0.05, 0.1) is 6.10 Å². The maximum atomic E-state index is 14.0. The summed E-state index contributed by atoms with van der Waals surface area (Å²) in [6, 6.07) is 0.580. The van der Waals surface area contributed by atoms with E-state index in [1.165, 1.54) is 0 Å². The van der Waals surface area contributed by atoms with Crippen LogP contribution in [0, 0.1) is 11.8 Å². The van der Waals surface area contributed by atoms with Crippen molar-refractivity contribution in [3.63, 3.8) is 0 Å². The molecule has 2 aliphatic rings. The minimum Gasteiger partial charge on any atom is -0.381 e. The predicted octanol–water partition coefficient (Wildman–Crippen LogP) is 2.48. The zero-order chi connectivity index (χ0) is 11.7. The summed E-state index contributed by atoms with van der Waals surface area (Å²) in [7, 11) is 1.77. The lowest BCUT2D eigenvalue weighted by atomic mass is 9.81. The first-order valence-electron chi connectivity index (χ1n) is 6.52. The largest absolute Gasteiger partial charge is 0.381 e. The van der Waals surface area contributed by atoms with E-state index in [0.29, 0.717) is 24.6 Å². The van der Waals surface area contributed by atoms with Crippen molar-refractivity contribution < 1.29 is 9.13 Å². The van der Waals surface area contributed by atoms with Crippen LogP contribution in [0.4, 0.5) is 4.39 Å². The molecule has 0 bridgehead atoms. The van der Waals surface area contributed by atoms with Crippen molar-refractivity contribution in [3.8, 4) is 0 Å². The van der Waals surface area contributed by atoms with Gasteiger partial charge in [0, 0.05) is 19.7 Å². The quantitative estimate of drug-likeness (QED) is 0.737. The molecule has 1 saturated heterocycles. The smallest absolute Gasteiger partial charge is 0.116 e. The van der Waals surface area contributed by atoms with Crippen molar-refractivity contribution in [2.24, 2.45) is 11.8 Å². The van der Waals surface area contributed by atoms with Crippen LogP contribution in [0.1, 0.15) is 33.1 Å². The normalized spacial score (nSPS) is 41.1. The Bertz CT molecular complexity index is 228. The molecule has 1 heterocycles. The molecule has 16 heavy (non-hydrogen) atoms. The fourth-order valence-corrected chi connectivity index (χ4v) is 3.06. The fraction of sp³-hybridized carbons (Fsp3) is 1.00. The molecule has 2 atom stereocenters. The summed E-state index contributed by atoms with van der Waals surface area (Å²) in [5, 5.41) is 0. The van der Waals surface area contributed by atoms with Gasteiger partial charge in [-0.3, -0.25) is 4.90 Å². The van der Waals surface area contributed by atoms with Gasteiger partial charge in [-0.25, -0.2) is 4.39 Å². The molecule has 0 spiro atoms. The van der Waals surface area contributed by atoms with Crippen LogP contribution in [-0.2, 0) is 4.74 Å². The van der Waals surface area contributed by atoms with Crippen molar-refractivity contribution in [1.29, 1.82) is 0 Å². The third-order valence-corrected chi connectivity index (χ3v) is 4.40. The maximum Gasteiger partial charge on any atom is 0.116 e. The molecule has 0 unspecified atom stereocenters. The minimum atomic E-state index is -0.629. The van der Waals surface area contributed by atoms with E-state index in [2.05, 4.69) is 18.7 Å². The molecular weight excluding hydrogens is 205 g/mol. The van der Waals surface area contributed by atoms with E-state index < -0.39 is 6.17 Å². The van der Waals surface area contributed by atoms with E-state index in [0.717, 1.165) is 25.8 Å². The summed E-state index contributed by atoms with van der Waals surface area (Å²) in [6.07, 6.45) is 3.00. The molecule has 2 fully saturated rings. The summed E-state index contributed by atoms with van der Waals surface area (Å²) in [5.74, 6) is 0.750. The Balaban J connectivity index is 1.79. The number of nitrogens with zero attached hydrogens (tertiary/aromatic N) is 1. The standard InChI is InChI=1S/C13H24FNO/c1-9(2)12-4-5-15(8-13(12)14)10-6-11(7-10)16-3/h9-13H,4-8H2,1-3H3/t10?,11?,12-,13+/m1/s1. The number of alkyl halides is 1. The number of likely N-dealkylation sites (tertiary alicyclic amines) is 1. The third kappa shape index (κ3) is 2.40. The van der Waals surface area contributed by atoms with E-state index in [1.54, 1.807) is 7.11 Å². The summed E-state index contributed by atoms with van der Waals surface area (Å²) in [5.41, 5.74) is 0. The van der Waals surface area contributed by atoms with Crippen LogP contribution in [0.2, 0.25) is 0 Å². The van der Waals surface area contributed by atoms with Crippen molar-refractivity contribution >= 4 is 0 Å². The number of rotatable bonds is 3. The van der Waals surface area contributed by atoms with E-state index in [1.807, 2.05) is 0 Å². The van der Waals surface area contributed by atoms with Crippen molar-refractivity contribution in [2.75, 3.05) is 20.2 Å². The number of hydrogen-bond acceptors (Lipinski definition) is 2. The second kappa shape index (κ2) is 5.01. The Labute approximate surface area is 98.1 Å². The molecule has 1 aliphatic carbocycles. The average molecular weight is 229 g/mol. The first-order chi connectivity index (χ1) is 7.61. The maximum absolute atomic E-state index is 14.0. The van der Waals surface area contributed by atoms with E-state index in [4.69, 9.17) is 4.74 Å². The zero-order valence-corrected chi connectivity index (χ0v) is 10.7. The summed E-state index contributed by atoms with van der Waals surface area (Å²) < 4.78 is 19.2. The first-order valence-corrected chi connectivity index (χ1v) is 6.52. The predicted molar refractivity (Wildman–Crippen MR) is 63.2 cm³/mol. The van der Waals surface area contributed by atoms with E-state index in [9.17, 15) is 4.39 Å². The molecule has 3 heteroatoms. The molecule has 0 aromatic rings. The van der Waals surface area contributed by atoms with Gasteiger partial charge in [-0.15, -0.1) is 0 Å². The van der Waals surface area contributed by atoms with Gasteiger partial charge in [-0.05, 0) is 37.6 Å². The highest BCUT2D eigenvalue weighted by Gasteiger charge is 2.39. The molecule has 2 rings (SSSR count). The molecule has 0 aromatic carbocycles. The van der Waals surface area contributed by atoms with Gasteiger partial charge in [0.25, 0.3) is 0 Å². The van der Waals surface area contributed by atoms with Crippen molar-refractivity contribution in [3.05, 3.63) is 0 Å². The Morgan fingerprint density at radius 3 is 2.50 bits per heavy atom. The highest BCUT2D eigenvalue weighted by molar-refractivity contribution is 4.92. The lowest BCUT2D eigenvalue weighted by molar-refractivity contribution is -0.0540. The van der Waals surface area contributed by atoms with Gasteiger partial charge in [0.15, 0.2) is 0 Å². The number of hydrogen-bond donors (Lipinski definition) is 0. The van der Waals surface area contributed by atoms with Crippen molar-refractivity contribution in [1.82, 2.24) is 4.90 Å². The van der Waals surface area contributed by atoms with Crippen LogP contribution in [0.3, 0.4) is 0 Å². The third-order valence-electron chi connectivity index (χ3n) is 4.40. The summed E-state index contributed by atoms with van der Waals surface area (Å²) in [4.78, 5) is 2.33. The summed E-state index contributed by atoms with van der Waals surface area (Å²) >= 11 is 0. The fourth-order valence-electron chi connectivity index (χ4n) is 3.06. The molecule has 0 aromatic heterocycles. The number of methoxy groups -OCH3 is 1. The van der Waals surface area contributed by atoms with Gasteiger partial charge in [-0.2, -0.15) is 0 Å². The van der Waals surface area contributed by atoms with Gasteiger partial charge >= 0.3 is 0 Å². The highest BCUT2D eigenvalue weighted by Crippen LogP contribution is 2.34. The van der Waals surface area contributed by atoms with Gasteiger partial charge in [-0.1, -0.05) is 13.8 Å². The molecule has 2 nitrogen and oxygen atoms in total. The minimum absolute atomic E-state index is 0.273. The van der Waals surface area contributed by atoms with Gasteiger partial charge < -0.3 is 4.74 Å². The van der Waals surface area contributed by atoms with Crippen LogP contribution in [0.25, 0.3) is 0 Å². The topological polar surface area (TPSA) is 12.5 Å². The van der Waals surface area contributed by atoms with Gasteiger partial charge in [0.2, 0.25) is 0 Å². The first kappa shape index (κ1) is 12.3. The summed E-state index contributed by atoms with van der Waals surface area (Å²) in [6.45, 7) is 5.99. The highest BCUT2D eigenvalue weighted by atomic mass is 19.1. The lowest BCUT2D eigenvalue weighted by Crippen LogP contribution is -2.54. The second-order valence-electron chi connectivity index (χ2n) is 5.69. The van der Waals surface area contributed by atoms with Crippen LogP contribution < -0.4 is 0 Å². The number of ether oxygens (including phenoxy) is 1. The monoisotopic (exact) mass is 229 g/mol. The Morgan fingerprint density at radius 2 is 2.00 bits per heavy atom. The average Bonchev–Trinajstić information content (AvgIpc) is 2.15. The molecular formula is C13H24FNO. The van der Waals surface area contributed by atoms with Crippen molar-refractivity contribution in [2.45, 2.75) is 51.4 Å². The van der Waals surface area contributed by atoms with Crippen LogP contribution >= 0.6 is 0 Å². The molecule has 1 aliphatic heterocycles. The SMILES string of the molecule is COC1CC(N2CC[C@H](C(C)C)[C@@H](F)C2)C1. The molecule has 0 radical (unpaired) electrons. The molecule has 0 amide bonds. The number of halogens is 1. The molecule has 0 N–H and O–H groups in total. The number of piperidine rings is 1. The van der Waals surface area contributed by atoms with E-state index in [-0.39, 0.29) is 5.92 Å². The molecule has 94 valence electrons. The van der Waals surface area contributed by atoms with Crippen LogP contribution in [0.15, 0.2) is 0 Å².